The number of hydrogen-bond donors (Lipinski definition) is 3. The highest BCUT2D eigenvalue weighted by molar-refractivity contribution is 7.09. The van der Waals surface area contributed by atoms with Gasteiger partial charge in [-0.3, -0.25) is 0 Å². The molecular weight excluding hydrogens is 260 g/mol. The molecule has 1 aliphatic heterocycles. The Morgan fingerprint density at radius 2 is 2.32 bits per heavy atom. The lowest BCUT2D eigenvalue weighted by molar-refractivity contribution is 0.578. The molecule has 0 saturated carbocycles. The summed E-state index contributed by atoms with van der Waals surface area (Å²) in [6, 6.07) is 2.20. The van der Waals surface area contributed by atoms with E-state index in [2.05, 4.69) is 30.6 Å². The van der Waals surface area contributed by atoms with E-state index in [-0.39, 0.29) is 6.04 Å². The molecule has 0 aromatic carbocycles. The van der Waals surface area contributed by atoms with E-state index in [4.69, 9.17) is 0 Å². The predicted octanol–water partition coefficient (Wildman–Crippen LogP) is 1.67. The van der Waals surface area contributed by atoms with Crippen LogP contribution < -0.4 is 10.6 Å². The van der Waals surface area contributed by atoms with Crippen molar-refractivity contribution in [2.45, 2.75) is 12.6 Å². The van der Waals surface area contributed by atoms with Crippen LogP contribution in [0.15, 0.2) is 24.1 Å². The smallest absolute Gasteiger partial charge is 0.142 e. The number of fused-ring (bicyclic) bond motifs is 2. The third-order valence-electron chi connectivity index (χ3n) is 3.29. The monoisotopic (exact) mass is 272 g/mol. The molecule has 3 N–H and O–H groups in total. The third-order valence-corrected chi connectivity index (χ3v) is 4.28. The topological polar surface area (TPSA) is 78.5 Å². The van der Waals surface area contributed by atoms with E-state index in [1.165, 1.54) is 4.88 Å². The van der Waals surface area contributed by atoms with Crippen LogP contribution in [0.4, 0.5) is 5.82 Å². The molecule has 0 fully saturated rings. The molecule has 0 amide bonds. The molecule has 4 heterocycles. The maximum Gasteiger partial charge on any atom is 0.142 e. The minimum atomic E-state index is 0.212. The van der Waals surface area contributed by atoms with Crippen LogP contribution >= 0.6 is 11.3 Å². The summed E-state index contributed by atoms with van der Waals surface area (Å²) in [5, 5.41) is 7.87. The maximum absolute atomic E-state index is 4.38. The van der Waals surface area contributed by atoms with E-state index >= 15 is 0 Å². The zero-order valence-electron chi connectivity index (χ0n) is 10.1. The van der Waals surface area contributed by atoms with Crippen molar-refractivity contribution in [3.63, 3.8) is 0 Å². The minimum Gasteiger partial charge on any atom is -0.360 e. The number of nitrogens with zero attached hydrogens (tertiary/aromatic N) is 3. The van der Waals surface area contributed by atoms with Gasteiger partial charge in [-0.2, -0.15) is 0 Å². The van der Waals surface area contributed by atoms with E-state index in [0.29, 0.717) is 0 Å². The molecule has 3 aromatic rings. The standard InChI is InChI=1S/C12H12N6S/c1-2-14-11-7(1)12(16-5-15-11)18-9-4-13-3-8-10(9)19-6-17-8/h1-2,5-6,9,13H,3-4H2,(H2,14,15,16,18). The van der Waals surface area contributed by atoms with Gasteiger partial charge in [0, 0.05) is 19.3 Å². The lowest BCUT2D eigenvalue weighted by Crippen LogP contribution is -2.31. The highest BCUT2D eigenvalue weighted by Gasteiger charge is 2.23. The molecule has 0 bridgehead atoms. The second-order valence-corrected chi connectivity index (χ2v) is 5.34. The van der Waals surface area contributed by atoms with E-state index in [9.17, 15) is 0 Å². The molecule has 96 valence electrons. The van der Waals surface area contributed by atoms with E-state index in [0.717, 1.165) is 35.6 Å². The Labute approximate surface area is 113 Å². The highest BCUT2D eigenvalue weighted by atomic mass is 32.1. The maximum atomic E-state index is 4.38. The molecule has 1 atom stereocenters. The van der Waals surface area contributed by atoms with E-state index in [1.54, 1.807) is 17.7 Å². The van der Waals surface area contributed by atoms with Gasteiger partial charge in [0.25, 0.3) is 0 Å². The van der Waals surface area contributed by atoms with Crippen molar-refractivity contribution in [3.05, 3.63) is 34.7 Å². The molecule has 0 saturated heterocycles. The third kappa shape index (κ3) is 1.78. The van der Waals surface area contributed by atoms with E-state index < -0.39 is 0 Å². The average Bonchev–Trinajstić information content (AvgIpc) is 3.08. The van der Waals surface area contributed by atoms with Crippen molar-refractivity contribution in [2.75, 3.05) is 11.9 Å². The summed E-state index contributed by atoms with van der Waals surface area (Å²) in [6.45, 7) is 1.73. The van der Waals surface area contributed by atoms with Crippen LogP contribution in [0.5, 0.6) is 0 Å². The Bertz CT molecular complexity index is 718. The van der Waals surface area contributed by atoms with Crippen LogP contribution in [0, 0.1) is 0 Å². The molecule has 1 aliphatic rings. The Kier molecular flexibility index (Phi) is 2.46. The molecule has 0 radical (unpaired) electrons. The van der Waals surface area contributed by atoms with Crippen LogP contribution in [0.1, 0.15) is 16.6 Å². The lowest BCUT2D eigenvalue weighted by atomic mass is 10.1. The molecule has 0 aliphatic carbocycles. The number of hydrogen-bond acceptors (Lipinski definition) is 6. The fourth-order valence-electron chi connectivity index (χ4n) is 2.39. The van der Waals surface area contributed by atoms with Crippen molar-refractivity contribution in [3.8, 4) is 0 Å². The Morgan fingerprint density at radius 3 is 3.32 bits per heavy atom. The number of thiazole rings is 1. The van der Waals surface area contributed by atoms with Crippen molar-refractivity contribution in [1.29, 1.82) is 0 Å². The van der Waals surface area contributed by atoms with Crippen LogP contribution in [-0.4, -0.2) is 26.5 Å². The SMILES string of the molecule is c1nc(NC2CNCc3ncsc32)c2cc[nH]c2n1. The van der Waals surface area contributed by atoms with Gasteiger partial charge in [-0.1, -0.05) is 0 Å². The van der Waals surface area contributed by atoms with Crippen molar-refractivity contribution < 1.29 is 0 Å². The van der Waals surface area contributed by atoms with Crippen LogP contribution in [-0.2, 0) is 6.54 Å². The van der Waals surface area contributed by atoms with Gasteiger partial charge in [0.15, 0.2) is 0 Å². The second-order valence-electron chi connectivity index (χ2n) is 4.45. The zero-order valence-corrected chi connectivity index (χ0v) is 10.9. The number of rotatable bonds is 2. The van der Waals surface area contributed by atoms with Crippen molar-refractivity contribution in [1.82, 2.24) is 25.3 Å². The molecule has 6 nitrogen and oxygen atoms in total. The molecule has 3 aromatic heterocycles. The van der Waals surface area contributed by atoms with Crippen molar-refractivity contribution >= 4 is 28.2 Å². The van der Waals surface area contributed by atoms with Crippen LogP contribution in [0.2, 0.25) is 0 Å². The lowest BCUT2D eigenvalue weighted by Gasteiger charge is -2.24. The first kappa shape index (κ1) is 10.9. The molecule has 7 heteroatoms. The number of aromatic amines is 1. The zero-order chi connectivity index (χ0) is 12.7. The predicted molar refractivity (Wildman–Crippen MR) is 74.1 cm³/mol. The van der Waals surface area contributed by atoms with Gasteiger partial charge in [0.1, 0.15) is 17.8 Å². The Morgan fingerprint density at radius 1 is 1.32 bits per heavy atom. The summed E-state index contributed by atoms with van der Waals surface area (Å²) in [4.78, 5) is 17.3. The quantitative estimate of drug-likeness (QED) is 0.661. The largest absolute Gasteiger partial charge is 0.360 e. The first-order valence-electron chi connectivity index (χ1n) is 6.09. The summed E-state index contributed by atoms with van der Waals surface area (Å²) in [5.74, 6) is 0.860. The number of anilines is 1. The number of H-pyrrole nitrogens is 1. The highest BCUT2D eigenvalue weighted by Crippen LogP contribution is 2.29. The van der Waals surface area contributed by atoms with Gasteiger partial charge in [-0.05, 0) is 6.07 Å². The number of nitrogens with one attached hydrogen (secondary N) is 3. The van der Waals surface area contributed by atoms with Gasteiger partial charge >= 0.3 is 0 Å². The van der Waals surface area contributed by atoms with Gasteiger partial charge in [-0.15, -0.1) is 11.3 Å². The molecular formula is C12H12N6S. The van der Waals surface area contributed by atoms with E-state index in [1.807, 2.05) is 17.8 Å². The fraction of sp³-hybridized carbons (Fsp3) is 0.250. The molecule has 19 heavy (non-hydrogen) atoms. The van der Waals surface area contributed by atoms with Gasteiger partial charge in [-0.25, -0.2) is 15.0 Å². The van der Waals surface area contributed by atoms with Crippen LogP contribution in [0.25, 0.3) is 11.0 Å². The van der Waals surface area contributed by atoms with Crippen molar-refractivity contribution in [2.24, 2.45) is 0 Å². The summed E-state index contributed by atoms with van der Waals surface area (Å²) < 4.78 is 0. The van der Waals surface area contributed by atoms with Gasteiger partial charge in [0.2, 0.25) is 0 Å². The first-order chi connectivity index (χ1) is 9.42. The Balaban J connectivity index is 1.71. The van der Waals surface area contributed by atoms with Crippen LogP contribution in [0.3, 0.4) is 0 Å². The molecule has 0 spiro atoms. The normalized spacial score (nSPS) is 18.4. The summed E-state index contributed by atoms with van der Waals surface area (Å²) >= 11 is 1.70. The summed E-state index contributed by atoms with van der Waals surface area (Å²) in [7, 11) is 0. The summed E-state index contributed by atoms with van der Waals surface area (Å²) in [6.07, 6.45) is 3.45. The van der Waals surface area contributed by atoms with Gasteiger partial charge in [0.05, 0.1) is 27.5 Å². The molecule has 4 rings (SSSR count). The summed E-state index contributed by atoms with van der Waals surface area (Å²) in [5.41, 5.74) is 3.89. The Hall–Kier alpha value is -1.99. The number of aromatic nitrogens is 4. The molecule has 1 unspecified atom stereocenters. The fourth-order valence-corrected chi connectivity index (χ4v) is 3.25. The average molecular weight is 272 g/mol. The minimum absolute atomic E-state index is 0.212. The first-order valence-corrected chi connectivity index (χ1v) is 6.97. The second kappa shape index (κ2) is 4.29. The van der Waals surface area contributed by atoms with Gasteiger partial charge < -0.3 is 15.6 Å².